The van der Waals surface area contributed by atoms with Crippen molar-refractivity contribution in [2.45, 2.75) is 20.3 Å². The predicted octanol–water partition coefficient (Wildman–Crippen LogP) is 4.26. The summed E-state index contributed by atoms with van der Waals surface area (Å²) in [5.74, 6) is 0.0369. The highest BCUT2D eigenvalue weighted by Gasteiger charge is 2.07. The molecule has 27 heavy (non-hydrogen) atoms. The number of hydrazone groups is 1. The van der Waals surface area contributed by atoms with Gasteiger partial charge in [0.2, 0.25) is 5.91 Å². The van der Waals surface area contributed by atoms with Gasteiger partial charge in [-0.3, -0.25) is 9.59 Å². The zero-order chi connectivity index (χ0) is 19.8. The average Bonchev–Trinajstić information content (AvgIpc) is 2.59. The largest absolute Gasteiger partial charge is 0.483 e. The summed E-state index contributed by atoms with van der Waals surface area (Å²) < 4.78 is 7.45. The molecule has 0 aliphatic rings. The Morgan fingerprint density at radius 2 is 1.96 bits per heavy atom. The van der Waals surface area contributed by atoms with Crippen molar-refractivity contribution < 1.29 is 14.3 Å². The first-order valence-corrected chi connectivity index (χ1v) is 9.97. The Morgan fingerprint density at radius 3 is 2.67 bits per heavy atom. The number of carbonyl (C=O) groups excluding carboxylic acids is 2. The van der Waals surface area contributed by atoms with Crippen molar-refractivity contribution >= 4 is 61.7 Å². The molecule has 8 heteroatoms. The average molecular weight is 544 g/mol. The molecule has 0 saturated carbocycles. The molecule has 142 valence electrons. The van der Waals surface area contributed by atoms with Gasteiger partial charge in [0.15, 0.2) is 6.61 Å². The Hall–Kier alpha value is -1.94. The van der Waals surface area contributed by atoms with Gasteiger partial charge in [-0.1, -0.05) is 22.0 Å². The molecule has 0 unspecified atom stereocenters. The number of rotatable bonds is 7. The van der Waals surface area contributed by atoms with E-state index in [0.717, 1.165) is 19.3 Å². The van der Waals surface area contributed by atoms with Gasteiger partial charge in [0.25, 0.3) is 5.91 Å². The van der Waals surface area contributed by atoms with Crippen LogP contribution in [0.15, 0.2) is 52.0 Å². The minimum absolute atomic E-state index is 0.0818. The second-order valence-corrected chi connectivity index (χ2v) is 7.98. The summed E-state index contributed by atoms with van der Waals surface area (Å²) in [4.78, 5) is 23.9. The maximum atomic E-state index is 12.0. The van der Waals surface area contributed by atoms with Gasteiger partial charge < -0.3 is 10.1 Å². The lowest BCUT2D eigenvalue weighted by molar-refractivity contribution is -0.123. The fraction of sp³-hybridized carbons (Fsp3) is 0.211. The third-order valence-electron chi connectivity index (χ3n) is 3.39. The van der Waals surface area contributed by atoms with Gasteiger partial charge in [-0.2, -0.15) is 5.10 Å². The number of nitrogens with one attached hydrogen (secondary N) is 2. The van der Waals surface area contributed by atoms with E-state index in [2.05, 4.69) is 54.4 Å². The molecule has 0 heterocycles. The molecular formula is C19H19BrIN3O3. The minimum atomic E-state index is -0.394. The number of carbonyl (C=O) groups is 2. The van der Waals surface area contributed by atoms with E-state index in [0.29, 0.717) is 11.5 Å². The van der Waals surface area contributed by atoms with Crippen LogP contribution >= 0.6 is 38.5 Å². The first kappa shape index (κ1) is 21.4. The molecule has 0 fully saturated rings. The van der Waals surface area contributed by atoms with Gasteiger partial charge in [0.05, 0.1) is 6.42 Å². The second kappa shape index (κ2) is 10.4. The number of aryl methyl sites for hydroxylation is 1. The lowest BCUT2D eigenvalue weighted by Crippen LogP contribution is -2.26. The zero-order valence-electron chi connectivity index (χ0n) is 14.9. The van der Waals surface area contributed by atoms with Crippen molar-refractivity contribution in [1.29, 1.82) is 0 Å². The Balaban J connectivity index is 1.78. The standard InChI is InChI=1S/C19H19BrIN3O3/c1-12-8-14(20)6-7-17(12)27-11-19(26)24-23-13(2)9-18(25)22-16-5-3-4-15(21)10-16/h3-8,10H,9,11H2,1-2H3,(H,22,25)(H,24,26). The molecule has 2 aromatic rings. The highest BCUT2D eigenvalue weighted by atomic mass is 127. The number of benzene rings is 2. The van der Waals surface area contributed by atoms with Crippen LogP contribution in [-0.2, 0) is 9.59 Å². The smallest absolute Gasteiger partial charge is 0.277 e. The van der Waals surface area contributed by atoms with E-state index in [9.17, 15) is 9.59 Å². The van der Waals surface area contributed by atoms with E-state index >= 15 is 0 Å². The highest BCUT2D eigenvalue weighted by molar-refractivity contribution is 14.1. The van der Waals surface area contributed by atoms with Crippen LogP contribution in [0.1, 0.15) is 18.9 Å². The van der Waals surface area contributed by atoms with E-state index in [1.807, 2.05) is 43.3 Å². The Bertz CT molecular complexity index is 871. The molecule has 0 spiro atoms. The number of amides is 2. The number of ether oxygens (including phenoxy) is 1. The zero-order valence-corrected chi connectivity index (χ0v) is 18.6. The monoisotopic (exact) mass is 543 g/mol. The van der Waals surface area contributed by atoms with E-state index in [4.69, 9.17) is 4.74 Å². The molecule has 0 bridgehead atoms. The van der Waals surface area contributed by atoms with Crippen LogP contribution in [0, 0.1) is 10.5 Å². The van der Waals surface area contributed by atoms with Crippen molar-refractivity contribution in [2.24, 2.45) is 5.10 Å². The van der Waals surface area contributed by atoms with Gasteiger partial charge in [0.1, 0.15) is 5.75 Å². The normalized spacial score (nSPS) is 11.0. The highest BCUT2D eigenvalue weighted by Crippen LogP contribution is 2.21. The van der Waals surface area contributed by atoms with Crippen LogP contribution in [-0.4, -0.2) is 24.1 Å². The topological polar surface area (TPSA) is 79.8 Å². The molecule has 0 radical (unpaired) electrons. The number of hydrogen-bond donors (Lipinski definition) is 2. The van der Waals surface area contributed by atoms with Crippen LogP contribution in [0.2, 0.25) is 0 Å². The van der Waals surface area contributed by atoms with Gasteiger partial charge in [-0.15, -0.1) is 0 Å². The Kier molecular flexibility index (Phi) is 8.23. The van der Waals surface area contributed by atoms with E-state index in [1.54, 1.807) is 13.0 Å². The fourth-order valence-corrected chi connectivity index (χ4v) is 3.17. The quantitative estimate of drug-likeness (QED) is 0.311. The summed E-state index contributed by atoms with van der Waals surface area (Å²) in [6.07, 6.45) is 0.0818. The Labute approximate surface area is 180 Å². The number of nitrogens with zero attached hydrogens (tertiary/aromatic N) is 1. The van der Waals surface area contributed by atoms with Crippen molar-refractivity contribution in [3.8, 4) is 5.75 Å². The minimum Gasteiger partial charge on any atom is -0.483 e. The fourth-order valence-electron chi connectivity index (χ4n) is 2.15. The van der Waals surface area contributed by atoms with Gasteiger partial charge in [0, 0.05) is 19.4 Å². The van der Waals surface area contributed by atoms with Crippen molar-refractivity contribution in [3.63, 3.8) is 0 Å². The van der Waals surface area contributed by atoms with Crippen molar-refractivity contribution in [3.05, 3.63) is 56.1 Å². The molecular weight excluding hydrogens is 525 g/mol. The summed E-state index contributed by atoms with van der Waals surface area (Å²) in [6.45, 7) is 3.41. The molecule has 0 atom stereocenters. The van der Waals surface area contributed by atoms with Crippen LogP contribution in [0.25, 0.3) is 0 Å². The molecule has 0 aliphatic carbocycles. The van der Waals surface area contributed by atoms with E-state index in [-0.39, 0.29) is 18.9 Å². The van der Waals surface area contributed by atoms with Crippen LogP contribution in [0.3, 0.4) is 0 Å². The Morgan fingerprint density at radius 1 is 1.19 bits per heavy atom. The van der Waals surface area contributed by atoms with Crippen molar-refractivity contribution in [1.82, 2.24) is 5.43 Å². The van der Waals surface area contributed by atoms with Crippen LogP contribution < -0.4 is 15.5 Å². The lowest BCUT2D eigenvalue weighted by Gasteiger charge is -2.09. The first-order valence-electron chi connectivity index (χ1n) is 8.10. The lowest BCUT2D eigenvalue weighted by atomic mass is 10.2. The van der Waals surface area contributed by atoms with Gasteiger partial charge >= 0.3 is 0 Å². The maximum absolute atomic E-state index is 12.0. The molecule has 6 nitrogen and oxygen atoms in total. The first-order chi connectivity index (χ1) is 12.8. The summed E-state index contributed by atoms with van der Waals surface area (Å²) in [5, 5.41) is 6.73. The molecule has 2 N–H and O–H groups in total. The summed E-state index contributed by atoms with van der Waals surface area (Å²) in [7, 11) is 0. The summed E-state index contributed by atoms with van der Waals surface area (Å²) >= 11 is 5.55. The number of anilines is 1. The van der Waals surface area contributed by atoms with E-state index in [1.165, 1.54) is 0 Å². The molecule has 0 aromatic heterocycles. The second-order valence-electron chi connectivity index (χ2n) is 5.82. The number of hydrogen-bond acceptors (Lipinski definition) is 4. The molecule has 2 amide bonds. The molecule has 2 rings (SSSR count). The summed E-state index contributed by atoms with van der Waals surface area (Å²) in [6, 6.07) is 13.0. The third-order valence-corrected chi connectivity index (χ3v) is 4.56. The van der Waals surface area contributed by atoms with Gasteiger partial charge in [-0.25, -0.2) is 5.43 Å². The molecule has 0 aliphatic heterocycles. The third kappa shape index (κ3) is 7.67. The molecule has 2 aromatic carbocycles. The number of halogens is 2. The molecule has 0 saturated heterocycles. The maximum Gasteiger partial charge on any atom is 0.277 e. The van der Waals surface area contributed by atoms with Crippen LogP contribution in [0.5, 0.6) is 5.75 Å². The SMILES string of the molecule is CC(CC(=O)Nc1cccc(I)c1)=NNC(=O)COc1ccc(Br)cc1C. The van der Waals surface area contributed by atoms with E-state index < -0.39 is 5.91 Å². The van der Waals surface area contributed by atoms with Crippen molar-refractivity contribution in [2.75, 3.05) is 11.9 Å². The van der Waals surface area contributed by atoms with Gasteiger partial charge in [-0.05, 0) is 78.4 Å². The van der Waals surface area contributed by atoms with Crippen LogP contribution in [0.4, 0.5) is 5.69 Å². The predicted molar refractivity (Wildman–Crippen MR) is 118 cm³/mol. The summed E-state index contributed by atoms with van der Waals surface area (Å²) in [5.41, 5.74) is 4.53.